The van der Waals surface area contributed by atoms with E-state index in [0.29, 0.717) is 5.03 Å². The first kappa shape index (κ1) is 12.6. The molecule has 0 aliphatic carbocycles. The highest BCUT2D eigenvalue weighted by Gasteiger charge is 2.44. The molecule has 104 valence electrons. The van der Waals surface area contributed by atoms with Crippen molar-refractivity contribution in [1.29, 1.82) is 0 Å². The Labute approximate surface area is 125 Å². The first-order chi connectivity index (χ1) is 10.3. The molecule has 2 N–H and O–H groups in total. The third kappa shape index (κ3) is 1.89. The van der Waals surface area contributed by atoms with E-state index >= 15 is 0 Å². The van der Waals surface area contributed by atoms with Crippen LogP contribution in [0.2, 0.25) is 0 Å². The highest BCUT2D eigenvalue weighted by atomic mass is 32.2. The fraction of sp³-hybridized carbons (Fsp3) is 0.125. The van der Waals surface area contributed by atoms with Crippen LogP contribution in [0.5, 0.6) is 0 Å². The summed E-state index contributed by atoms with van der Waals surface area (Å²) in [5, 5.41) is 11.1. The number of hydrogen-bond acceptors (Lipinski definition) is 3. The van der Waals surface area contributed by atoms with Crippen molar-refractivity contribution in [2.75, 3.05) is 0 Å². The molecule has 2 heterocycles. The minimum absolute atomic E-state index is 0.156. The first-order valence-electron chi connectivity index (χ1n) is 6.72. The summed E-state index contributed by atoms with van der Waals surface area (Å²) >= 11 is 1.41. The second kappa shape index (κ2) is 4.72. The van der Waals surface area contributed by atoms with E-state index in [0.717, 1.165) is 16.6 Å². The number of aromatic nitrogens is 2. The number of nitrogens with zero attached hydrogens (tertiary/aromatic N) is 1. The van der Waals surface area contributed by atoms with Crippen molar-refractivity contribution in [1.82, 2.24) is 4.98 Å². The van der Waals surface area contributed by atoms with Crippen molar-refractivity contribution in [3.05, 3.63) is 70.5 Å². The minimum Gasteiger partial charge on any atom is -0.336 e. The molecule has 1 aliphatic rings. The van der Waals surface area contributed by atoms with E-state index in [-0.39, 0.29) is 10.8 Å². The maximum Gasteiger partial charge on any atom is 0.328 e. The maximum atomic E-state index is 12.2. The molecule has 2 aromatic carbocycles. The van der Waals surface area contributed by atoms with Crippen molar-refractivity contribution in [2.45, 2.75) is 16.5 Å². The molecule has 0 saturated heterocycles. The normalized spacial score (nSPS) is 20.6. The fourth-order valence-electron chi connectivity index (χ4n) is 2.76. The SMILES string of the molecule is O=c1[nH]c2ccccc2[n+]2c1S[C@@H](c1ccccc1)[C@H]2O. The number of aliphatic hydroxyl groups excluding tert-OH is 1. The van der Waals surface area contributed by atoms with Crippen molar-refractivity contribution in [3.8, 4) is 0 Å². The lowest BCUT2D eigenvalue weighted by molar-refractivity contribution is -0.764. The number of para-hydroxylation sites is 2. The van der Waals surface area contributed by atoms with E-state index in [1.165, 1.54) is 11.8 Å². The highest BCUT2D eigenvalue weighted by Crippen LogP contribution is 2.43. The van der Waals surface area contributed by atoms with E-state index in [1.807, 2.05) is 54.6 Å². The Balaban J connectivity index is 1.93. The van der Waals surface area contributed by atoms with Crippen LogP contribution in [-0.4, -0.2) is 10.1 Å². The molecule has 0 saturated carbocycles. The Morgan fingerprint density at radius 2 is 1.76 bits per heavy atom. The Kier molecular flexibility index (Phi) is 2.83. The van der Waals surface area contributed by atoms with E-state index < -0.39 is 6.23 Å². The number of aliphatic hydroxyl groups is 1. The zero-order chi connectivity index (χ0) is 14.4. The Morgan fingerprint density at radius 1 is 1.05 bits per heavy atom. The van der Waals surface area contributed by atoms with Gasteiger partial charge in [0.2, 0.25) is 5.52 Å². The van der Waals surface area contributed by atoms with Crippen LogP contribution >= 0.6 is 11.8 Å². The van der Waals surface area contributed by atoms with Gasteiger partial charge in [0.1, 0.15) is 10.8 Å². The predicted octanol–water partition coefficient (Wildman–Crippen LogP) is 2.15. The minimum atomic E-state index is -0.750. The van der Waals surface area contributed by atoms with Gasteiger partial charge in [-0.3, -0.25) is 4.79 Å². The van der Waals surface area contributed by atoms with Gasteiger partial charge >= 0.3 is 10.6 Å². The fourth-order valence-corrected chi connectivity index (χ4v) is 4.01. The molecule has 21 heavy (non-hydrogen) atoms. The third-order valence-electron chi connectivity index (χ3n) is 3.73. The molecule has 2 atom stereocenters. The van der Waals surface area contributed by atoms with Crippen LogP contribution in [-0.2, 0) is 0 Å². The van der Waals surface area contributed by atoms with Crippen molar-refractivity contribution < 1.29 is 9.67 Å². The van der Waals surface area contributed by atoms with Crippen LogP contribution in [0.3, 0.4) is 0 Å². The van der Waals surface area contributed by atoms with Crippen LogP contribution < -0.4 is 10.1 Å². The molecular formula is C16H13N2O2S+. The smallest absolute Gasteiger partial charge is 0.328 e. The predicted molar refractivity (Wildman–Crippen MR) is 81.1 cm³/mol. The van der Waals surface area contributed by atoms with Gasteiger partial charge in [-0.1, -0.05) is 42.5 Å². The average molecular weight is 297 g/mol. The van der Waals surface area contributed by atoms with Gasteiger partial charge in [-0.05, 0) is 23.4 Å². The van der Waals surface area contributed by atoms with Gasteiger partial charge in [-0.25, -0.2) is 0 Å². The summed E-state index contributed by atoms with van der Waals surface area (Å²) in [4.78, 5) is 15.1. The number of benzene rings is 2. The molecule has 3 aromatic rings. The van der Waals surface area contributed by atoms with E-state index in [9.17, 15) is 9.90 Å². The van der Waals surface area contributed by atoms with Gasteiger partial charge in [-0.2, -0.15) is 4.57 Å². The van der Waals surface area contributed by atoms with Crippen LogP contribution in [0, 0.1) is 0 Å². The summed E-state index contributed by atoms with van der Waals surface area (Å²) in [7, 11) is 0. The maximum absolute atomic E-state index is 12.2. The van der Waals surface area contributed by atoms with E-state index in [1.54, 1.807) is 4.57 Å². The van der Waals surface area contributed by atoms with Gasteiger partial charge < -0.3 is 10.1 Å². The molecule has 4 rings (SSSR count). The van der Waals surface area contributed by atoms with Crippen molar-refractivity contribution in [2.24, 2.45) is 0 Å². The third-order valence-corrected chi connectivity index (χ3v) is 5.10. The zero-order valence-electron chi connectivity index (χ0n) is 11.1. The lowest BCUT2D eigenvalue weighted by Gasteiger charge is -2.09. The van der Waals surface area contributed by atoms with Gasteiger partial charge in [0.15, 0.2) is 0 Å². The number of fused-ring (bicyclic) bond motifs is 3. The van der Waals surface area contributed by atoms with Gasteiger partial charge in [0.05, 0.1) is 0 Å². The first-order valence-corrected chi connectivity index (χ1v) is 7.60. The molecule has 0 fully saturated rings. The van der Waals surface area contributed by atoms with Gasteiger partial charge in [0, 0.05) is 6.07 Å². The lowest BCUT2D eigenvalue weighted by Crippen LogP contribution is -2.43. The molecule has 0 amide bonds. The summed E-state index contributed by atoms with van der Waals surface area (Å²) in [6, 6.07) is 17.3. The van der Waals surface area contributed by atoms with Crippen LogP contribution in [0.4, 0.5) is 0 Å². The molecular weight excluding hydrogens is 284 g/mol. The summed E-state index contributed by atoms with van der Waals surface area (Å²) in [6.45, 7) is 0. The summed E-state index contributed by atoms with van der Waals surface area (Å²) < 4.78 is 1.73. The molecule has 0 bridgehead atoms. The summed E-state index contributed by atoms with van der Waals surface area (Å²) in [6.07, 6.45) is -0.750. The second-order valence-corrected chi connectivity index (χ2v) is 6.14. The number of H-pyrrole nitrogens is 1. The zero-order valence-corrected chi connectivity index (χ0v) is 11.9. The standard InChI is InChI=1S/C16H12N2O2S/c19-14-16-18(12-9-5-4-8-11(12)17-14)15(20)13(21-16)10-6-2-1-3-7-10/h1-9,13,15,20H/p+1/t13-,15+/m0/s1. The monoisotopic (exact) mass is 297 g/mol. The second-order valence-electron chi connectivity index (χ2n) is 5.01. The van der Waals surface area contributed by atoms with E-state index in [4.69, 9.17) is 0 Å². The molecule has 1 aromatic heterocycles. The number of hydrogen-bond donors (Lipinski definition) is 2. The molecule has 5 heteroatoms. The molecule has 0 spiro atoms. The largest absolute Gasteiger partial charge is 0.336 e. The Morgan fingerprint density at radius 3 is 2.57 bits per heavy atom. The average Bonchev–Trinajstić information content (AvgIpc) is 2.87. The Hall–Kier alpha value is -2.11. The van der Waals surface area contributed by atoms with Gasteiger partial charge in [0.25, 0.3) is 6.23 Å². The highest BCUT2D eigenvalue weighted by molar-refractivity contribution is 7.99. The molecule has 4 nitrogen and oxygen atoms in total. The van der Waals surface area contributed by atoms with Crippen LogP contribution in [0.25, 0.3) is 11.0 Å². The summed E-state index contributed by atoms with van der Waals surface area (Å²) in [5.41, 5.74) is 2.43. The van der Waals surface area contributed by atoms with Crippen molar-refractivity contribution in [3.63, 3.8) is 0 Å². The van der Waals surface area contributed by atoms with Crippen molar-refractivity contribution >= 4 is 22.8 Å². The molecule has 0 radical (unpaired) electrons. The number of nitrogens with one attached hydrogen (secondary N) is 1. The quantitative estimate of drug-likeness (QED) is 0.677. The van der Waals surface area contributed by atoms with Gasteiger partial charge in [-0.15, -0.1) is 0 Å². The van der Waals surface area contributed by atoms with Crippen LogP contribution in [0.15, 0.2) is 64.4 Å². The number of rotatable bonds is 1. The van der Waals surface area contributed by atoms with Crippen LogP contribution in [0.1, 0.15) is 17.0 Å². The number of aromatic amines is 1. The lowest BCUT2D eigenvalue weighted by atomic mass is 10.1. The number of thioether (sulfide) groups is 1. The van der Waals surface area contributed by atoms with E-state index in [2.05, 4.69) is 4.98 Å². The Bertz CT molecular complexity index is 876. The topological polar surface area (TPSA) is 57.0 Å². The summed E-state index contributed by atoms with van der Waals surface area (Å²) in [5.74, 6) is 0. The molecule has 0 unspecified atom stereocenters. The molecule has 1 aliphatic heterocycles.